The maximum atomic E-state index is 4.29. The van der Waals surface area contributed by atoms with Gasteiger partial charge in [-0.3, -0.25) is 4.90 Å². The maximum absolute atomic E-state index is 4.29. The molecule has 2 aliphatic rings. The number of likely N-dealkylation sites (tertiary alicyclic amines) is 1. The first kappa shape index (κ1) is 15.0. The number of rotatable bonds is 5. The van der Waals surface area contributed by atoms with Crippen LogP contribution in [0.5, 0.6) is 0 Å². The second-order valence-corrected chi connectivity index (χ2v) is 6.99. The highest BCUT2D eigenvalue weighted by molar-refractivity contribution is 4.94. The monoisotopic (exact) mass is 291 g/mol. The van der Waals surface area contributed by atoms with Gasteiger partial charge in [-0.05, 0) is 45.7 Å². The summed E-state index contributed by atoms with van der Waals surface area (Å²) in [5.41, 5.74) is 0. The molecule has 0 radical (unpaired) electrons. The number of aromatic nitrogens is 3. The minimum absolute atomic E-state index is 0.670. The third kappa shape index (κ3) is 3.46. The minimum Gasteiger partial charge on any atom is -0.317 e. The molecular formula is C16H29N5. The van der Waals surface area contributed by atoms with E-state index in [1.807, 2.05) is 6.92 Å². The normalized spacial score (nSPS) is 24.5. The lowest BCUT2D eigenvalue weighted by atomic mass is 10.1. The zero-order chi connectivity index (χ0) is 14.8. The molecule has 1 saturated carbocycles. The molecule has 21 heavy (non-hydrogen) atoms. The van der Waals surface area contributed by atoms with Crippen molar-refractivity contribution in [2.24, 2.45) is 13.0 Å². The van der Waals surface area contributed by atoms with E-state index in [-0.39, 0.29) is 0 Å². The quantitative estimate of drug-likeness (QED) is 0.829. The molecule has 2 fully saturated rings. The van der Waals surface area contributed by atoms with Crippen LogP contribution in [0.1, 0.15) is 43.8 Å². The molecule has 1 aliphatic carbocycles. The fourth-order valence-corrected chi connectivity index (χ4v) is 3.84. The Bertz CT molecular complexity index is 463. The van der Waals surface area contributed by atoms with E-state index >= 15 is 0 Å². The van der Waals surface area contributed by atoms with E-state index in [0.29, 0.717) is 6.04 Å². The molecule has 0 aromatic carbocycles. The van der Waals surface area contributed by atoms with Gasteiger partial charge in [0.15, 0.2) is 0 Å². The first-order valence-electron chi connectivity index (χ1n) is 8.41. The van der Waals surface area contributed by atoms with Gasteiger partial charge in [-0.25, -0.2) is 0 Å². The Morgan fingerprint density at radius 3 is 2.62 bits per heavy atom. The van der Waals surface area contributed by atoms with Gasteiger partial charge < -0.3 is 9.47 Å². The Balaban J connectivity index is 1.49. The van der Waals surface area contributed by atoms with E-state index < -0.39 is 0 Å². The molecule has 1 aliphatic heterocycles. The smallest absolute Gasteiger partial charge is 0.146 e. The molecule has 3 rings (SSSR count). The Hall–Kier alpha value is -0.940. The first-order chi connectivity index (χ1) is 10.1. The fraction of sp³-hybridized carbons (Fsp3) is 0.875. The second kappa shape index (κ2) is 6.44. The molecule has 118 valence electrons. The number of hydrogen-bond acceptors (Lipinski definition) is 4. The number of aryl methyl sites for hydroxylation is 1. The third-order valence-corrected chi connectivity index (χ3v) is 5.44. The zero-order valence-electron chi connectivity index (χ0n) is 13.8. The molecule has 1 unspecified atom stereocenters. The lowest BCUT2D eigenvalue weighted by molar-refractivity contribution is 0.208. The summed E-state index contributed by atoms with van der Waals surface area (Å²) in [5.74, 6) is 3.03. The summed E-state index contributed by atoms with van der Waals surface area (Å²) in [5, 5.41) is 8.44. The number of likely N-dealkylation sites (N-methyl/N-ethyl adjacent to an activating group) is 1. The van der Waals surface area contributed by atoms with Gasteiger partial charge in [0.05, 0.1) is 6.54 Å². The summed E-state index contributed by atoms with van der Waals surface area (Å²) in [6.07, 6.45) is 7.10. The van der Waals surface area contributed by atoms with Gasteiger partial charge >= 0.3 is 0 Å². The van der Waals surface area contributed by atoms with Gasteiger partial charge in [-0.1, -0.05) is 12.8 Å². The van der Waals surface area contributed by atoms with Gasteiger partial charge in [0, 0.05) is 26.2 Å². The van der Waals surface area contributed by atoms with Crippen molar-refractivity contribution in [3.8, 4) is 0 Å². The van der Waals surface area contributed by atoms with Crippen LogP contribution in [0.2, 0.25) is 0 Å². The number of hydrogen-bond donors (Lipinski definition) is 0. The van der Waals surface area contributed by atoms with E-state index in [4.69, 9.17) is 0 Å². The van der Waals surface area contributed by atoms with Crippen molar-refractivity contribution >= 4 is 0 Å². The van der Waals surface area contributed by atoms with Gasteiger partial charge in [0.2, 0.25) is 0 Å². The number of nitrogens with zero attached hydrogens (tertiary/aromatic N) is 5. The minimum atomic E-state index is 0.670. The molecule has 1 saturated heterocycles. The van der Waals surface area contributed by atoms with Crippen LogP contribution in [0.4, 0.5) is 0 Å². The van der Waals surface area contributed by atoms with Crippen molar-refractivity contribution in [1.82, 2.24) is 24.6 Å². The van der Waals surface area contributed by atoms with Crippen LogP contribution in [0, 0.1) is 12.8 Å². The predicted octanol–water partition coefficient (Wildman–Crippen LogP) is 1.82. The van der Waals surface area contributed by atoms with E-state index in [0.717, 1.165) is 24.1 Å². The molecule has 1 aromatic rings. The van der Waals surface area contributed by atoms with Crippen LogP contribution in [0.15, 0.2) is 0 Å². The van der Waals surface area contributed by atoms with Gasteiger partial charge in [-0.2, -0.15) is 0 Å². The zero-order valence-corrected chi connectivity index (χ0v) is 13.8. The Kier molecular flexibility index (Phi) is 4.60. The van der Waals surface area contributed by atoms with Crippen LogP contribution in [-0.4, -0.2) is 57.3 Å². The van der Waals surface area contributed by atoms with Crippen LogP contribution >= 0.6 is 0 Å². The van der Waals surface area contributed by atoms with Crippen molar-refractivity contribution in [3.63, 3.8) is 0 Å². The highest BCUT2D eigenvalue weighted by atomic mass is 15.3. The Labute approximate surface area is 128 Å². The van der Waals surface area contributed by atoms with Crippen molar-refractivity contribution < 1.29 is 0 Å². The SMILES string of the molecule is Cc1nnc(CN(C)C2CCN(CC3CCCC3)C2)n1C. The van der Waals surface area contributed by atoms with E-state index in [1.165, 1.54) is 51.7 Å². The third-order valence-electron chi connectivity index (χ3n) is 5.44. The summed E-state index contributed by atoms with van der Waals surface area (Å²) in [4.78, 5) is 5.14. The lowest BCUT2D eigenvalue weighted by Gasteiger charge is -2.25. The maximum Gasteiger partial charge on any atom is 0.146 e. The molecule has 1 aromatic heterocycles. The summed E-state index contributed by atoms with van der Waals surface area (Å²) in [6, 6.07) is 0.670. The van der Waals surface area contributed by atoms with Crippen molar-refractivity contribution in [2.75, 3.05) is 26.7 Å². The van der Waals surface area contributed by atoms with E-state index in [1.54, 1.807) is 0 Å². The molecule has 0 spiro atoms. The average Bonchev–Trinajstić information content (AvgIpc) is 3.18. The molecule has 0 N–H and O–H groups in total. The van der Waals surface area contributed by atoms with Gasteiger partial charge in [0.1, 0.15) is 11.6 Å². The summed E-state index contributed by atoms with van der Waals surface area (Å²) in [6.45, 7) is 6.73. The Morgan fingerprint density at radius 2 is 1.95 bits per heavy atom. The van der Waals surface area contributed by atoms with Crippen molar-refractivity contribution in [3.05, 3.63) is 11.6 Å². The Morgan fingerprint density at radius 1 is 1.19 bits per heavy atom. The molecule has 5 heteroatoms. The highest BCUT2D eigenvalue weighted by Gasteiger charge is 2.28. The largest absolute Gasteiger partial charge is 0.317 e. The highest BCUT2D eigenvalue weighted by Crippen LogP contribution is 2.27. The molecule has 2 heterocycles. The van der Waals surface area contributed by atoms with E-state index in [9.17, 15) is 0 Å². The van der Waals surface area contributed by atoms with Gasteiger partial charge in [-0.15, -0.1) is 10.2 Å². The molecule has 1 atom stereocenters. The summed E-state index contributed by atoms with van der Waals surface area (Å²) < 4.78 is 2.10. The van der Waals surface area contributed by atoms with Crippen LogP contribution in [0.3, 0.4) is 0 Å². The topological polar surface area (TPSA) is 37.2 Å². The molecule has 5 nitrogen and oxygen atoms in total. The average molecular weight is 291 g/mol. The standard InChI is InChI=1S/C16H29N5/c1-13-17-18-16(20(13)3)12-19(2)15-8-9-21(11-15)10-14-6-4-5-7-14/h14-15H,4-12H2,1-3H3. The molecular weight excluding hydrogens is 262 g/mol. The molecule has 0 bridgehead atoms. The summed E-state index contributed by atoms with van der Waals surface area (Å²) >= 11 is 0. The van der Waals surface area contributed by atoms with Crippen LogP contribution in [-0.2, 0) is 13.6 Å². The lowest BCUT2D eigenvalue weighted by Crippen LogP contribution is -2.35. The van der Waals surface area contributed by atoms with Gasteiger partial charge in [0.25, 0.3) is 0 Å². The fourth-order valence-electron chi connectivity index (χ4n) is 3.84. The van der Waals surface area contributed by atoms with Crippen molar-refractivity contribution in [2.45, 2.75) is 51.6 Å². The van der Waals surface area contributed by atoms with Crippen LogP contribution in [0.25, 0.3) is 0 Å². The van der Waals surface area contributed by atoms with E-state index in [2.05, 4.69) is 38.7 Å². The first-order valence-corrected chi connectivity index (χ1v) is 8.41. The van der Waals surface area contributed by atoms with Crippen LogP contribution < -0.4 is 0 Å². The molecule has 0 amide bonds. The second-order valence-electron chi connectivity index (χ2n) is 6.99. The predicted molar refractivity (Wildman–Crippen MR) is 84.0 cm³/mol. The van der Waals surface area contributed by atoms with Crippen molar-refractivity contribution in [1.29, 1.82) is 0 Å². The summed E-state index contributed by atoms with van der Waals surface area (Å²) in [7, 11) is 4.29.